The molecule has 64 valence electrons. The molecule has 0 saturated carbocycles. The summed E-state index contributed by atoms with van der Waals surface area (Å²) in [6, 6.07) is 2.64. The van der Waals surface area contributed by atoms with E-state index in [1.165, 1.54) is 12.1 Å². The third kappa shape index (κ3) is 1.64. The molecular weight excluding hydrogens is 223 g/mol. The van der Waals surface area contributed by atoms with Crippen molar-refractivity contribution in [1.29, 1.82) is 5.41 Å². The minimum Gasteiger partial charge on any atom is -0.384 e. The standard InChI is InChI=1S/C8H8BrFN2/c1-4-2-5(10)3-6(9)7(4)8(11)12/h2-3H,1H3,(H3,11,12). The van der Waals surface area contributed by atoms with Crippen molar-refractivity contribution >= 4 is 21.8 Å². The lowest BCUT2D eigenvalue weighted by Crippen LogP contribution is -2.13. The predicted molar refractivity (Wildman–Crippen MR) is 49.9 cm³/mol. The molecule has 0 spiro atoms. The van der Waals surface area contributed by atoms with Crippen LogP contribution in [0.1, 0.15) is 11.1 Å². The summed E-state index contributed by atoms with van der Waals surface area (Å²) in [6.07, 6.45) is 0. The van der Waals surface area contributed by atoms with E-state index in [-0.39, 0.29) is 11.7 Å². The third-order valence-electron chi connectivity index (χ3n) is 1.52. The van der Waals surface area contributed by atoms with Crippen LogP contribution >= 0.6 is 15.9 Å². The molecule has 3 N–H and O–H groups in total. The number of aryl methyl sites for hydroxylation is 1. The van der Waals surface area contributed by atoms with Crippen molar-refractivity contribution in [2.75, 3.05) is 0 Å². The Balaban J connectivity index is 3.38. The van der Waals surface area contributed by atoms with Crippen molar-refractivity contribution in [2.45, 2.75) is 6.92 Å². The van der Waals surface area contributed by atoms with Gasteiger partial charge in [0.2, 0.25) is 0 Å². The molecule has 0 aliphatic rings. The Morgan fingerprint density at radius 3 is 2.58 bits per heavy atom. The summed E-state index contributed by atoms with van der Waals surface area (Å²) in [7, 11) is 0. The molecule has 0 unspecified atom stereocenters. The zero-order chi connectivity index (χ0) is 9.30. The fourth-order valence-corrected chi connectivity index (χ4v) is 1.79. The fraction of sp³-hybridized carbons (Fsp3) is 0.125. The number of benzene rings is 1. The Morgan fingerprint density at radius 1 is 1.58 bits per heavy atom. The Bertz CT molecular complexity index is 313. The third-order valence-corrected chi connectivity index (χ3v) is 2.15. The average molecular weight is 231 g/mol. The number of hydrogen-bond donors (Lipinski definition) is 2. The molecule has 0 aromatic heterocycles. The van der Waals surface area contributed by atoms with Gasteiger partial charge in [0.05, 0.1) is 0 Å². The minimum absolute atomic E-state index is 0.0561. The molecule has 0 atom stereocenters. The van der Waals surface area contributed by atoms with Gasteiger partial charge in [0, 0.05) is 10.0 Å². The molecular formula is C8H8BrFN2. The van der Waals surface area contributed by atoms with Crippen molar-refractivity contribution in [3.8, 4) is 0 Å². The summed E-state index contributed by atoms with van der Waals surface area (Å²) in [5.74, 6) is -0.385. The Hall–Kier alpha value is -0.900. The highest BCUT2D eigenvalue weighted by Crippen LogP contribution is 2.21. The lowest BCUT2D eigenvalue weighted by molar-refractivity contribution is 0.625. The van der Waals surface area contributed by atoms with Gasteiger partial charge in [0.15, 0.2) is 0 Å². The van der Waals surface area contributed by atoms with Crippen LogP contribution in [-0.2, 0) is 0 Å². The van der Waals surface area contributed by atoms with Crippen LogP contribution in [0.15, 0.2) is 16.6 Å². The molecule has 0 heterocycles. The first-order chi connectivity index (χ1) is 5.52. The maximum absolute atomic E-state index is 12.7. The second kappa shape index (κ2) is 3.23. The highest BCUT2D eigenvalue weighted by molar-refractivity contribution is 9.10. The van der Waals surface area contributed by atoms with Crippen molar-refractivity contribution in [2.24, 2.45) is 5.73 Å². The zero-order valence-electron chi connectivity index (χ0n) is 6.49. The van der Waals surface area contributed by atoms with Crippen LogP contribution in [0, 0.1) is 18.2 Å². The number of rotatable bonds is 1. The first kappa shape index (κ1) is 9.19. The van der Waals surface area contributed by atoms with Gasteiger partial charge in [0.1, 0.15) is 11.7 Å². The number of hydrogen-bond acceptors (Lipinski definition) is 1. The monoisotopic (exact) mass is 230 g/mol. The lowest BCUT2D eigenvalue weighted by atomic mass is 10.1. The lowest BCUT2D eigenvalue weighted by Gasteiger charge is -2.05. The maximum atomic E-state index is 12.7. The Morgan fingerprint density at radius 2 is 2.17 bits per heavy atom. The quantitative estimate of drug-likeness (QED) is 0.564. The Kier molecular flexibility index (Phi) is 2.47. The van der Waals surface area contributed by atoms with Gasteiger partial charge in [-0.3, -0.25) is 5.41 Å². The summed E-state index contributed by atoms with van der Waals surface area (Å²) in [5, 5.41) is 7.21. The molecule has 0 saturated heterocycles. The van der Waals surface area contributed by atoms with Crippen molar-refractivity contribution in [1.82, 2.24) is 0 Å². The van der Waals surface area contributed by atoms with Gasteiger partial charge in [-0.25, -0.2) is 4.39 Å². The van der Waals surface area contributed by atoms with E-state index in [1.807, 2.05) is 0 Å². The highest BCUT2D eigenvalue weighted by atomic mass is 79.9. The number of nitrogen functional groups attached to an aromatic ring is 1. The molecule has 0 radical (unpaired) electrons. The van der Waals surface area contributed by atoms with E-state index in [2.05, 4.69) is 15.9 Å². The van der Waals surface area contributed by atoms with E-state index in [4.69, 9.17) is 11.1 Å². The smallest absolute Gasteiger partial charge is 0.124 e. The molecule has 1 aromatic carbocycles. The molecule has 0 fully saturated rings. The van der Waals surface area contributed by atoms with E-state index in [0.29, 0.717) is 15.6 Å². The highest BCUT2D eigenvalue weighted by Gasteiger charge is 2.08. The van der Waals surface area contributed by atoms with Crippen LogP contribution in [0.25, 0.3) is 0 Å². The average Bonchev–Trinajstić information content (AvgIpc) is 1.82. The molecule has 2 nitrogen and oxygen atoms in total. The van der Waals surface area contributed by atoms with Crippen LogP contribution in [0.5, 0.6) is 0 Å². The van der Waals surface area contributed by atoms with Gasteiger partial charge in [-0.05, 0) is 40.5 Å². The predicted octanol–water partition coefficient (Wildman–Crippen LogP) is 2.18. The summed E-state index contributed by atoms with van der Waals surface area (Å²) in [4.78, 5) is 0. The van der Waals surface area contributed by atoms with Crippen LogP contribution in [0.4, 0.5) is 4.39 Å². The largest absolute Gasteiger partial charge is 0.384 e. The first-order valence-electron chi connectivity index (χ1n) is 3.32. The van der Waals surface area contributed by atoms with Gasteiger partial charge >= 0.3 is 0 Å². The zero-order valence-corrected chi connectivity index (χ0v) is 8.07. The number of amidine groups is 1. The summed E-state index contributed by atoms with van der Waals surface area (Å²) in [5.41, 5.74) is 6.51. The van der Waals surface area contributed by atoms with E-state index in [9.17, 15) is 4.39 Å². The maximum Gasteiger partial charge on any atom is 0.124 e. The SMILES string of the molecule is Cc1cc(F)cc(Br)c1C(=N)N. The van der Waals surface area contributed by atoms with Crippen LogP contribution in [0.3, 0.4) is 0 Å². The van der Waals surface area contributed by atoms with E-state index < -0.39 is 0 Å². The van der Waals surface area contributed by atoms with Gasteiger partial charge in [0.25, 0.3) is 0 Å². The normalized spacial score (nSPS) is 9.92. The minimum atomic E-state index is -0.329. The second-order valence-corrected chi connectivity index (χ2v) is 3.35. The number of halogens is 2. The van der Waals surface area contributed by atoms with Gasteiger partial charge in [-0.15, -0.1) is 0 Å². The van der Waals surface area contributed by atoms with E-state index >= 15 is 0 Å². The van der Waals surface area contributed by atoms with Crippen LogP contribution in [-0.4, -0.2) is 5.84 Å². The molecule has 1 aromatic rings. The number of nitrogens with one attached hydrogen (secondary N) is 1. The van der Waals surface area contributed by atoms with Gasteiger partial charge in [-0.1, -0.05) is 0 Å². The first-order valence-corrected chi connectivity index (χ1v) is 4.11. The van der Waals surface area contributed by atoms with Crippen molar-refractivity contribution in [3.63, 3.8) is 0 Å². The summed E-state index contributed by atoms with van der Waals surface area (Å²) < 4.78 is 13.3. The van der Waals surface area contributed by atoms with Crippen molar-refractivity contribution < 1.29 is 4.39 Å². The molecule has 1 rings (SSSR count). The topological polar surface area (TPSA) is 49.9 Å². The molecule has 0 amide bonds. The fourth-order valence-electron chi connectivity index (χ4n) is 1.04. The van der Waals surface area contributed by atoms with Crippen LogP contribution < -0.4 is 5.73 Å². The van der Waals surface area contributed by atoms with E-state index in [0.717, 1.165) is 0 Å². The van der Waals surface area contributed by atoms with Gasteiger partial charge < -0.3 is 5.73 Å². The molecule has 4 heteroatoms. The molecule has 0 aliphatic carbocycles. The van der Waals surface area contributed by atoms with Crippen molar-refractivity contribution in [3.05, 3.63) is 33.5 Å². The number of nitrogens with two attached hydrogens (primary N) is 1. The van der Waals surface area contributed by atoms with Gasteiger partial charge in [-0.2, -0.15) is 0 Å². The summed E-state index contributed by atoms with van der Waals surface area (Å²) in [6.45, 7) is 1.71. The van der Waals surface area contributed by atoms with E-state index in [1.54, 1.807) is 6.92 Å². The molecule has 0 bridgehead atoms. The van der Waals surface area contributed by atoms with Crippen LogP contribution in [0.2, 0.25) is 0 Å². The molecule has 12 heavy (non-hydrogen) atoms. The Labute approximate surface area is 78.2 Å². The molecule has 0 aliphatic heterocycles. The second-order valence-electron chi connectivity index (χ2n) is 2.49. The summed E-state index contributed by atoms with van der Waals surface area (Å²) >= 11 is 3.14.